The van der Waals surface area contributed by atoms with Crippen molar-refractivity contribution >= 4 is 23.5 Å². The molecule has 196 valence electrons. The predicted molar refractivity (Wildman–Crippen MR) is 126 cm³/mol. The van der Waals surface area contributed by atoms with E-state index in [1.54, 1.807) is 0 Å². The summed E-state index contributed by atoms with van der Waals surface area (Å²) in [5.41, 5.74) is 6.57. The number of guanidine groups is 1. The Morgan fingerprint density at radius 3 is 2.41 bits per heavy atom. The van der Waals surface area contributed by atoms with Gasteiger partial charge in [-0.2, -0.15) is 13.2 Å². The number of amides is 1. The highest BCUT2D eigenvalue weighted by molar-refractivity contribution is 6.20. The molecule has 0 spiro atoms. The molecule has 2 saturated carbocycles. The van der Waals surface area contributed by atoms with Crippen molar-refractivity contribution in [3.05, 3.63) is 0 Å². The maximum atomic E-state index is 13.0. The zero-order valence-corrected chi connectivity index (χ0v) is 20.9. The second-order valence-electron chi connectivity index (χ2n) is 9.92. The normalized spacial score (nSPS) is 34.0. The van der Waals surface area contributed by atoms with Crippen molar-refractivity contribution < 1.29 is 22.7 Å². The van der Waals surface area contributed by atoms with Gasteiger partial charge in [-0.05, 0) is 71.1 Å². The zero-order valence-electron chi connectivity index (χ0n) is 20.1. The van der Waals surface area contributed by atoms with Crippen LogP contribution < -0.4 is 21.5 Å². The predicted octanol–water partition coefficient (Wildman–Crippen LogP) is 3.83. The molecule has 4 N–H and O–H groups in total. The van der Waals surface area contributed by atoms with Crippen LogP contribution in [-0.2, 0) is 9.53 Å². The zero-order chi connectivity index (χ0) is 24.7. The van der Waals surface area contributed by atoms with Crippen molar-refractivity contribution in [2.75, 3.05) is 13.2 Å². The minimum Gasteiger partial charge on any atom is -0.380 e. The molecule has 0 aromatic carbocycles. The molecule has 1 heterocycles. The third-order valence-corrected chi connectivity index (χ3v) is 7.66. The monoisotopic (exact) mass is 509 g/mol. The molecule has 3 aliphatic rings. The highest BCUT2D eigenvalue weighted by Gasteiger charge is 2.42. The Morgan fingerprint density at radius 2 is 1.79 bits per heavy atom. The van der Waals surface area contributed by atoms with Gasteiger partial charge in [-0.25, -0.2) is 10.4 Å². The smallest absolute Gasteiger partial charge is 0.380 e. The number of hydrogen-bond acceptors (Lipinski definition) is 5. The Labute approximate surface area is 205 Å². The molecule has 3 rings (SSSR count). The molecular weight excluding hydrogens is 471 g/mol. The number of halogens is 4. The van der Waals surface area contributed by atoms with E-state index < -0.39 is 18.0 Å². The van der Waals surface area contributed by atoms with Crippen LogP contribution in [0.2, 0.25) is 0 Å². The summed E-state index contributed by atoms with van der Waals surface area (Å²) < 4.78 is 44.4. The fourth-order valence-corrected chi connectivity index (χ4v) is 5.42. The van der Waals surface area contributed by atoms with E-state index in [1.807, 2.05) is 13.8 Å². The Hall–Kier alpha value is -1.10. The van der Waals surface area contributed by atoms with Gasteiger partial charge < -0.3 is 10.1 Å². The molecule has 2 aliphatic carbocycles. The van der Waals surface area contributed by atoms with E-state index in [1.165, 1.54) is 0 Å². The van der Waals surface area contributed by atoms with E-state index in [-0.39, 0.29) is 55.2 Å². The first-order chi connectivity index (χ1) is 16.2. The van der Waals surface area contributed by atoms with E-state index in [0.717, 1.165) is 32.1 Å². The summed E-state index contributed by atoms with van der Waals surface area (Å²) in [5, 5.41) is 6.33. The molecule has 1 aliphatic heterocycles. The van der Waals surface area contributed by atoms with Crippen LogP contribution in [0.1, 0.15) is 71.6 Å². The minimum atomic E-state index is -4.19. The number of hydrogen-bond donors (Lipinski definition) is 4. The lowest BCUT2D eigenvalue weighted by Gasteiger charge is -2.29. The molecule has 1 saturated heterocycles. The maximum Gasteiger partial charge on any atom is 0.391 e. The minimum absolute atomic E-state index is 0.0113. The summed E-state index contributed by atoms with van der Waals surface area (Å²) >= 11 is 6.24. The molecule has 0 radical (unpaired) electrons. The quantitative estimate of drug-likeness (QED) is 0.238. The van der Waals surface area contributed by atoms with Gasteiger partial charge in [0.15, 0.2) is 5.96 Å². The summed E-state index contributed by atoms with van der Waals surface area (Å²) in [7, 11) is 0. The van der Waals surface area contributed by atoms with Crippen LogP contribution in [0, 0.1) is 17.8 Å². The average molecular weight is 510 g/mol. The van der Waals surface area contributed by atoms with Crippen LogP contribution in [0.3, 0.4) is 0 Å². The fourth-order valence-electron chi connectivity index (χ4n) is 5.17. The van der Waals surface area contributed by atoms with Crippen molar-refractivity contribution in [1.82, 2.24) is 21.5 Å². The summed E-state index contributed by atoms with van der Waals surface area (Å²) in [6.07, 6.45) is 1.01. The standard InChI is InChI=1S/C23H39ClF3N5O2/c1-3-34-13-14(2)28-22(30-21(33)16-4-8-17(9-5-16)23(25,26)27)29-20-12-19(31-32-20)15-6-10-18(24)11-7-15/h14-20,31-32H,3-13H2,1-2H3,(H2,28,29,30,33)/t14-,15?,16?,17?,18?,19?,20?/m0/s1. The van der Waals surface area contributed by atoms with Crippen molar-refractivity contribution in [1.29, 1.82) is 0 Å². The largest absolute Gasteiger partial charge is 0.391 e. The van der Waals surface area contributed by atoms with Crippen molar-refractivity contribution in [2.24, 2.45) is 22.7 Å². The maximum absolute atomic E-state index is 13.0. The molecule has 0 aromatic heterocycles. The summed E-state index contributed by atoms with van der Waals surface area (Å²) in [6.45, 7) is 4.86. The molecule has 3 fully saturated rings. The number of alkyl halides is 4. The Kier molecular flexibility index (Phi) is 10.3. The first kappa shape index (κ1) is 27.5. The van der Waals surface area contributed by atoms with Gasteiger partial charge in [-0.1, -0.05) is 0 Å². The molecule has 11 heteroatoms. The summed E-state index contributed by atoms with van der Waals surface area (Å²) in [5.74, 6) is -1.16. The Morgan fingerprint density at radius 1 is 1.12 bits per heavy atom. The number of aliphatic imine (C=N–C) groups is 1. The van der Waals surface area contributed by atoms with Crippen molar-refractivity contribution in [3.8, 4) is 0 Å². The average Bonchev–Trinajstić information content (AvgIpc) is 3.26. The molecule has 0 aromatic rings. The highest BCUT2D eigenvalue weighted by atomic mass is 35.5. The van der Waals surface area contributed by atoms with Gasteiger partial charge in [0.1, 0.15) is 6.17 Å². The molecule has 0 bridgehead atoms. The molecule has 3 atom stereocenters. The molecule has 2 unspecified atom stereocenters. The molecule has 34 heavy (non-hydrogen) atoms. The second kappa shape index (κ2) is 12.7. The Balaban J connectivity index is 1.58. The number of carbonyl (C=O) groups is 1. The van der Waals surface area contributed by atoms with Crippen LogP contribution in [0.15, 0.2) is 4.99 Å². The van der Waals surface area contributed by atoms with Crippen LogP contribution in [-0.4, -0.2) is 54.9 Å². The van der Waals surface area contributed by atoms with Gasteiger partial charge in [0.05, 0.1) is 12.5 Å². The lowest BCUT2D eigenvalue weighted by molar-refractivity contribution is -0.184. The lowest BCUT2D eigenvalue weighted by atomic mass is 9.81. The van der Waals surface area contributed by atoms with Gasteiger partial charge in [0.25, 0.3) is 0 Å². The first-order valence-electron chi connectivity index (χ1n) is 12.6. The number of ether oxygens (including phenoxy) is 1. The van der Waals surface area contributed by atoms with E-state index in [0.29, 0.717) is 25.1 Å². The molecule has 1 amide bonds. The number of carbonyl (C=O) groups excluding carboxylic acids is 1. The number of nitrogens with zero attached hydrogens (tertiary/aromatic N) is 1. The van der Waals surface area contributed by atoms with Crippen molar-refractivity contribution in [3.63, 3.8) is 0 Å². The van der Waals surface area contributed by atoms with E-state index in [4.69, 9.17) is 21.3 Å². The Bertz CT molecular complexity index is 680. The van der Waals surface area contributed by atoms with Crippen LogP contribution in [0.5, 0.6) is 0 Å². The number of nitrogens with one attached hydrogen (secondary N) is 4. The highest BCUT2D eigenvalue weighted by Crippen LogP contribution is 2.39. The van der Waals surface area contributed by atoms with Gasteiger partial charge in [-0.15, -0.1) is 11.6 Å². The molecule has 7 nitrogen and oxygen atoms in total. The SMILES string of the molecule is CCOC[C@H](C)N/C(=N/C1CC(C2CCC(Cl)CC2)NN1)NC(=O)C1CCC(C(F)(F)F)CC1. The first-order valence-corrected chi connectivity index (χ1v) is 13.0. The van der Waals surface area contributed by atoms with Crippen LogP contribution >= 0.6 is 11.6 Å². The van der Waals surface area contributed by atoms with Crippen molar-refractivity contribution in [2.45, 2.75) is 101 Å². The third-order valence-electron chi connectivity index (χ3n) is 7.23. The van der Waals surface area contributed by atoms with Crippen LogP contribution in [0.4, 0.5) is 13.2 Å². The fraction of sp³-hybridized carbons (Fsp3) is 0.913. The van der Waals surface area contributed by atoms with E-state index in [2.05, 4.69) is 21.5 Å². The van der Waals surface area contributed by atoms with Gasteiger partial charge >= 0.3 is 6.18 Å². The van der Waals surface area contributed by atoms with E-state index in [9.17, 15) is 18.0 Å². The summed E-state index contributed by atoms with van der Waals surface area (Å²) in [6, 6.07) is 0.192. The summed E-state index contributed by atoms with van der Waals surface area (Å²) in [4.78, 5) is 17.6. The van der Waals surface area contributed by atoms with Gasteiger partial charge in [-0.3, -0.25) is 15.5 Å². The third kappa shape index (κ3) is 8.24. The van der Waals surface area contributed by atoms with E-state index >= 15 is 0 Å². The van der Waals surface area contributed by atoms with Crippen LogP contribution in [0.25, 0.3) is 0 Å². The number of rotatable bonds is 7. The van der Waals surface area contributed by atoms with Gasteiger partial charge in [0.2, 0.25) is 5.91 Å². The lowest BCUT2D eigenvalue weighted by Crippen LogP contribution is -2.49. The van der Waals surface area contributed by atoms with Gasteiger partial charge in [0, 0.05) is 36.4 Å². The number of hydrazine groups is 1. The molecular formula is C23H39ClF3N5O2. The second-order valence-corrected chi connectivity index (χ2v) is 10.5. The topological polar surface area (TPSA) is 86.8 Å².